The molecule has 1 aromatic heterocycles. The van der Waals surface area contributed by atoms with E-state index < -0.39 is 0 Å². The molecule has 0 saturated carbocycles. The van der Waals surface area contributed by atoms with Gasteiger partial charge in [-0.3, -0.25) is 4.79 Å². The number of anilines is 1. The van der Waals surface area contributed by atoms with E-state index in [0.29, 0.717) is 19.5 Å². The monoisotopic (exact) mass is 429 g/mol. The molecule has 1 atom stereocenters. The summed E-state index contributed by atoms with van der Waals surface area (Å²) in [5.41, 5.74) is 3.09. The smallest absolute Gasteiger partial charge is 0.227 e. The SMILES string of the molecule is CCNC(=NCc1ccc(N2CCCC2=O)cc1)N(C)Cc1csc(C(C)OC)n1. The zero-order chi connectivity index (χ0) is 21.5. The number of aromatic nitrogens is 1. The number of thiazole rings is 1. The van der Waals surface area contributed by atoms with Crippen LogP contribution in [0, 0.1) is 0 Å². The molecular weight excluding hydrogens is 398 g/mol. The summed E-state index contributed by atoms with van der Waals surface area (Å²) in [6.45, 7) is 6.92. The summed E-state index contributed by atoms with van der Waals surface area (Å²) in [4.78, 5) is 25.3. The molecule has 1 aliphatic rings. The van der Waals surface area contributed by atoms with Crippen LogP contribution in [-0.2, 0) is 22.6 Å². The Morgan fingerprint density at radius 3 is 2.80 bits per heavy atom. The van der Waals surface area contributed by atoms with Crippen molar-refractivity contribution in [2.75, 3.05) is 32.1 Å². The van der Waals surface area contributed by atoms with Gasteiger partial charge in [0.25, 0.3) is 0 Å². The van der Waals surface area contributed by atoms with Crippen molar-refractivity contribution in [3.63, 3.8) is 0 Å². The molecule has 8 heteroatoms. The molecule has 1 aliphatic heterocycles. The predicted molar refractivity (Wildman–Crippen MR) is 122 cm³/mol. The highest BCUT2D eigenvalue weighted by atomic mass is 32.1. The van der Waals surface area contributed by atoms with E-state index in [9.17, 15) is 4.79 Å². The van der Waals surface area contributed by atoms with Crippen molar-refractivity contribution in [2.24, 2.45) is 4.99 Å². The normalized spacial score (nSPS) is 15.5. The van der Waals surface area contributed by atoms with Crippen LogP contribution in [0.3, 0.4) is 0 Å². The first-order valence-electron chi connectivity index (χ1n) is 10.4. The molecule has 1 N–H and O–H groups in total. The van der Waals surface area contributed by atoms with Crippen LogP contribution in [0.1, 0.15) is 49.1 Å². The number of benzene rings is 1. The Morgan fingerprint density at radius 1 is 1.40 bits per heavy atom. The maximum absolute atomic E-state index is 11.9. The molecule has 1 aromatic carbocycles. The number of hydrogen-bond donors (Lipinski definition) is 1. The molecule has 0 radical (unpaired) electrons. The fraction of sp³-hybridized carbons (Fsp3) is 0.500. The number of ether oxygens (including phenoxy) is 1. The molecule has 1 fully saturated rings. The van der Waals surface area contributed by atoms with Crippen LogP contribution in [0.25, 0.3) is 0 Å². The summed E-state index contributed by atoms with van der Waals surface area (Å²) in [6, 6.07) is 8.12. The van der Waals surface area contributed by atoms with Crippen LogP contribution in [0.2, 0.25) is 0 Å². The van der Waals surface area contributed by atoms with Crippen LogP contribution < -0.4 is 10.2 Å². The van der Waals surface area contributed by atoms with Crippen molar-refractivity contribution in [3.05, 3.63) is 45.9 Å². The van der Waals surface area contributed by atoms with E-state index in [2.05, 4.69) is 27.5 Å². The third-order valence-electron chi connectivity index (χ3n) is 5.10. The van der Waals surface area contributed by atoms with Crippen molar-refractivity contribution in [1.29, 1.82) is 0 Å². The molecule has 3 rings (SSSR count). The lowest BCUT2D eigenvalue weighted by Crippen LogP contribution is -2.38. The van der Waals surface area contributed by atoms with Gasteiger partial charge in [-0.05, 0) is 38.0 Å². The van der Waals surface area contributed by atoms with E-state index >= 15 is 0 Å². The number of carbonyl (C=O) groups is 1. The summed E-state index contributed by atoms with van der Waals surface area (Å²) in [5, 5.41) is 6.41. The molecule has 1 amide bonds. The molecule has 2 aromatic rings. The summed E-state index contributed by atoms with van der Waals surface area (Å²) >= 11 is 1.62. The van der Waals surface area contributed by atoms with Gasteiger partial charge < -0.3 is 19.9 Å². The number of guanidine groups is 1. The van der Waals surface area contributed by atoms with Crippen molar-refractivity contribution in [1.82, 2.24) is 15.2 Å². The molecular formula is C22H31N5O2S. The van der Waals surface area contributed by atoms with Crippen molar-refractivity contribution >= 4 is 28.9 Å². The first-order valence-corrected chi connectivity index (χ1v) is 11.3. The second-order valence-corrected chi connectivity index (χ2v) is 8.29. The van der Waals surface area contributed by atoms with Crippen LogP contribution in [0.4, 0.5) is 5.69 Å². The number of nitrogens with zero attached hydrogens (tertiary/aromatic N) is 4. The highest BCUT2D eigenvalue weighted by Crippen LogP contribution is 2.22. The van der Waals surface area contributed by atoms with Crippen LogP contribution in [0.5, 0.6) is 0 Å². The Kier molecular flexibility index (Phi) is 7.81. The van der Waals surface area contributed by atoms with Crippen LogP contribution in [-0.4, -0.2) is 49.0 Å². The Morgan fingerprint density at radius 2 is 2.17 bits per heavy atom. The zero-order valence-electron chi connectivity index (χ0n) is 18.2. The quantitative estimate of drug-likeness (QED) is 0.513. The average molecular weight is 430 g/mol. The number of methoxy groups -OCH3 is 1. The topological polar surface area (TPSA) is 70.1 Å². The minimum atomic E-state index is 0.00906. The summed E-state index contributed by atoms with van der Waals surface area (Å²) in [6.07, 6.45) is 1.60. The molecule has 0 spiro atoms. The van der Waals surface area contributed by atoms with E-state index in [1.807, 2.05) is 43.1 Å². The van der Waals surface area contributed by atoms with E-state index in [1.165, 1.54) is 0 Å². The largest absolute Gasteiger partial charge is 0.375 e. The van der Waals surface area contributed by atoms with Gasteiger partial charge in [0.2, 0.25) is 5.91 Å². The first-order chi connectivity index (χ1) is 14.5. The Labute approximate surface area is 182 Å². The van der Waals surface area contributed by atoms with Gasteiger partial charge in [0.05, 0.1) is 18.8 Å². The highest BCUT2D eigenvalue weighted by molar-refractivity contribution is 7.09. The number of nitrogens with one attached hydrogen (secondary N) is 1. The molecule has 1 unspecified atom stereocenters. The summed E-state index contributed by atoms with van der Waals surface area (Å²) in [5.74, 6) is 1.05. The van der Waals surface area contributed by atoms with Gasteiger partial charge in [-0.25, -0.2) is 9.98 Å². The van der Waals surface area contributed by atoms with Gasteiger partial charge in [-0.2, -0.15) is 0 Å². The summed E-state index contributed by atoms with van der Waals surface area (Å²) in [7, 11) is 3.71. The molecule has 0 bridgehead atoms. The average Bonchev–Trinajstić information content (AvgIpc) is 3.40. The molecule has 0 aliphatic carbocycles. The second kappa shape index (κ2) is 10.5. The van der Waals surface area contributed by atoms with E-state index in [-0.39, 0.29) is 12.0 Å². The Bertz CT molecular complexity index is 865. The fourth-order valence-electron chi connectivity index (χ4n) is 3.34. The predicted octanol–water partition coefficient (Wildman–Crippen LogP) is 3.57. The second-order valence-electron chi connectivity index (χ2n) is 7.40. The van der Waals surface area contributed by atoms with E-state index in [1.54, 1.807) is 18.4 Å². The molecule has 162 valence electrons. The first kappa shape index (κ1) is 22.2. The number of carbonyl (C=O) groups excluding carboxylic acids is 1. The lowest BCUT2D eigenvalue weighted by molar-refractivity contribution is -0.117. The fourth-order valence-corrected chi connectivity index (χ4v) is 4.18. The number of aliphatic imine (C=N–C) groups is 1. The Balaban J connectivity index is 1.63. The zero-order valence-corrected chi connectivity index (χ0v) is 19.0. The number of amides is 1. The lowest BCUT2D eigenvalue weighted by atomic mass is 10.2. The van der Waals surface area contributed by atoms with Gasteiger partial charge in [0.15, 0.2) is 5.96 Å². The molecule has 7 nitrogen and oxygen atoms in total. The van der Waals surface area contributed by atoms with Gasteiger partial charge in [-0.15, -0.1) is 11.3 Å². The molecule has 1 saturated heterocycles. The van der Waals surface area contributed by atoms with Crippen molar-refractivity contribution in [2.45, 2.75) is 45.9 Å². The van der Waals surface area contributed by atoms with Gasteiger partial charge >= 0.3 is 0 Å². The third-order valence-corrected chi connectivity index (χ3v) is 6.15. The number of rotatable bonds is 8. The maximum Gasteiger partial charge on any atom is 0.227 e. The number of hydrogen-bond acceptors (Lipinski definition) is 5. The molecule has 2 heterocycles. The molecule has 30 heavy (non-hydrogen) atoms. The van der Waals surface area contributed by atoms with E-state index in [4.69, 9.17) is 9.73 Å². The summed E-state index contributed by atoms with van der Waals surface area (Å²) < 4.78 is 5.35. The van der Waals surface area contributed by atoms with Crippen molar-refractivity contribution in [3.8, 4) is 0 Å². The maximum atomic E-state index is 11.9. The standard InChI is InChI=1S/C22H31N5O2S/c1-5-23-22(26(3)14-18-15-30-21(25-18)16(2)29-4)24-13-17-8-10-19(11-9-17)27-12-6-7-20(27)28/h8-11,15-16H,5-7,12-14H2,1-4H3,(H,23,24). The third kappa shape index (κ3) is 5.58. The highest BCUT2D eigenvalue weighted by Gasteiger charge is 2.21. The van der Waals surface area contributed by atoms with Gasteiger partial charge in [0, 0.05) is 44.7 Å². The van der Waals surface area contributed by atoms with Crippen LogP contribution >= 0.6 is 11.3 Å². The van der Waals surface area contributed by atoms with Gasteiger partial charge in [-0.1, -0.05) is 12.1 Å². The van der Waals surface area contributed by atoms with E-state index in [0.717, 1.165) is 47.4 Å². The van der Waals surface area contributed by atoms with Crippen molar-refractivity contribution < 1.29 is 9.53 Å². The Hall–Kier alpha value is -2.45. The minimum Gasteiger partial charge on any atom is -0.375 e. The van der Waals surface area contributed by atoms with Crippen LogP contribution in [0.15, 0.2) is 34.6 Å². The van der Waals surface area contributed by atoms with Gasteiger partial charge in [0.1, 0.15) is 11.1 Å². The minimum absolute atomic E-state index is 0.00906. The lowest BCUT2D eigenvalue weighted by Gasteiger charge is -2.21.